The summed E-state index contributed by atoms with van der Waals surface area (Å²) in [5.41, 5.74) is 0.842. The highest BCUT2D eigenvalue weighted by molar-refractivity contribution is 5.21. The number of fused-ring (bicyclic) bond motifs is 1. The Hall–Kier alpha value is -0.960. The van der Waals surface area contributed by atoms with Crippen molar-refractivity contribution in [1.82, 2.24) is 0 Å². The average molecular weight is 328 g/mol. The van der Waals surface area contributed by atoms with E-state index in [1.165, 1.54) is 0 Å². The van der Waals surface area contributed by atoms with Gasteiger partial charge in [-0.1, -0.05) is 6.08 Å². The van der Waals surface area contributed by atoms with E-state index in [0.717, 1.165) is 12.0 Å². The van der Waals surface area contributed by atoms with Crippen molar-refractivity contribution >= 4 is 0 Å². The Bertz CT molecular complexity index is 475. The minimum atomic E-state index is -1.38. The minimum Gasteiger partial charge on any atom is -0.472 e. The van der Waals surface area contributed by atoms with Gasteiger partial charge in [-0.2, -0.15) is 0 Å². The molecule has 1 saturated carbocycles. The van der Waals surface area contributed by atoms with E-state index in [2.05, 4.69) is 0 Å². The van der Waals surface area contributed by atoms with Crippen LogP contribution in [0.25, 0.3) is 0 Å². The van der Waals surface area contributed by atoms with Crippen molar-refractivity contribution < 1.29 is 35.0 Å². The lowest BCUT2D eigenvalue weighted by atomic mass is 9.81. The summed E-state index contributed by atoms with van der Waals surface area (Å²) in [6.07, 6.45) is 1.21. The van der Waals surface area contributed by atoms with Crippen LogP contribution >= 0.6 is 0 Å². The van der Waals surface area contributed by atoms with Crippen molar-refractivity contribution in [3.8, 4) is 0 Å². The molecule has 7 heteroatoms. The van der Waals surface area contributed by atoms with Gasteiger partial charge in [-0.15, -0.1) is 0 Å². The molecule has 0 aromatic rings. The van der Waals surface area contributed by atoms with E-state index < -0.39 is 36.6 Å². The molecule has 0 spiro atoms. The Kier molecular flexibility index (Phi) is 5.05. The van der Waals surface area contributed by atoms with Crippen LogP contribution in [-0.4, -0.2) is 69.5 Å². The number of hydrogen-bond acceptors (Lipinski definition) is 7. The average Bonchev–Trinajstić information content (AvgIpc) is 2.99. The molecule has 0 bridgehead atoms. The molecule has 1 fully saturated rings. The predicted octanol–water partition coefficient (Wildman–Crippen LogP) is -1.11. The van der Waals surface area contributed by atoms with E-state index in [1.807, 2.05) is 12.2 Å². The van der Waals surface area contributed by atoms with Crippen LogP contribution in [0, 0.1) is 17.8 Å². The summed E-state index contributed by atoms with van der Waals surface area (Å²) in [7, 11) is 0. The van der Waals surface area contributed by atoms with Gasteiger partial charge in [0.15, 0.2) is 0 Å². The topological polar surface area (TPSA) is 120 Å². The summed E-state index contributed by atoms with van der Waals surface area (Å²) >= 11 is 0. The second kappa shape index (κ2) is 6.88. The third kappa shape index (κ3) is 3.05. The van der Waals surface area contributed by atoms with E-state index in [0.29, 0.717) is 0 Å². The highest BCUT2D eigenvalue weighted by Crippen LogP contribution is 2.41. The number of aliphatic hydroxyl groups is 5. The van der Waals surface area contributed by atoms with Gasteiger partial charge in [-0.05, 0) is 30.4 Å². The Morgan fingerprint density at radius 3 is 2.61 bits per heavy atom. The molecule has 0 saturated heterocycles. The smallest absolute Gasteiger partial charge is 0.206 e. The highest BCUT2D eigenvalue weighted by atomic mass is 16.7. The Labute approximate surface area is 134 Å². The van der Waals surface area contributed by atoms with Crippen LogP contribution in [0.1, 0.15) is 12.8 Å². The lowest BCUT2D eigenvalue weighted by Crippen LogP contribution is -2.56. The van der Waals surface area contributed by atoms with E-state index in [9.17, 15) is 25.5 Å². The number of aliphatic hydroxyl groups excluding tert-OH is 5. The van der Waals surface area contributed by atoms with E-state index in [1.54, 1.807) is 6.26 Å². The second-order valence-corrected chi connectivity index (χ2v) is 6.52. The van der Waals surface area contributed by atoms with Crippen molar-refractivity contribution in [2.45, 2.75) is 43.5 Å². The molecule has 3 aliphatic rings. The molecule has 23 heavy (non-hydrogen) atoms. The van der Waals surface area contributed by atoms with E-state index >= 15 is 0 Å². The van der Waals surface area contributed by atoms with Crippen LogP contribution < -0.4 is 0 Å². The standard InChI is InChI=1S/C16H24O7/c17-6-9-2-1-8-3-4-22-16(12(8)9)23-11-5-10(7-18)13(19)15(21)14(11)20/h2-4,8,10-21H,1,5-7H2/t8-,10-,11-,12+,13-,14+,15+,16+/m1/s1. The summed E-state index contributed by atoms with van der Waals surface area (Å²) in [5.74, 6) is -0.515. The Balaban J connectivity index is 1.72. The molecule has 1 aliphatic heterocycles. The van der Waals surface area contributed by atoms with Crippen LogP contribution in [0.4, 0.5) is 0 Å². The molecule has 1 heterocycles. The van der Waals surface area contributed by atoms with E-state index in [4.69, 9.17) is 9.47 Å². The molecule has 0 aromatic carbocycles. The molecule has 7 nitrogen and oxygen atoms in total. The summed E-state index contributed by atoms with van der Waals surface area (Å²) in [4.78, 5) is 0. The van der Waals surface area contributed by atoms with Crippen molar-refractivity contribution in [2.24, 2.45) is 17.8 Å². The van der Waals surface area contributed by atoms with Crippen molar-refractivity contribution in [3.63, 3.8) is 0 Å². The molecule has 0 radical (unpaired) electrons. The summed E-state index contributed by atoms with van der Waals surface area (Å²) in [5, 5.41) is 48.8. The van der Waals surface area contributed by atoms with Gasteiger partial charge in [-0.3, -0.25) is 0 Å². The molecule has 130 valence electrons. The van der Waals surface area contributed by atoms with Crippen LogP contribution in [0.2, 0.25) is 0 Å². The number of hydrogen-bond donors (Lipinski definition) is 5. The molecular formula is C16H24O7. The van der Waals surface area contributed by atoms with Crippen LogP contribution in [-0.2, 0) is 9.47 Å². The maximum Gasteiger partial charge on any atom is 0.206 e. The van der Waals surface area contributed by atoms with Gasteiger partial charge in [0.25, 0.3) is 0 Å². The quantitative estimate of drug-likeness (QED) is 0.415. The van der Waals surface area contributed by atoms with Crippen LogP contribution in [0.3, 0.4) is 0 Å². The van der Waals surface area contributed by atoms with Crippen LogP contribution in [0.5, 0.6) is 0 Å². The highest BCUT2D eigenvalue weighted by Gasteiger charge is 2.46. The van der Waals surface area contributed by atoms with Crippen molar-refractivity contribution in [3.05, 3.63) is 24.0 Å². The minimum absolute atomic E-state index is 0.0773. The lowest BCUT2D eigenvalue weighted by Gasteiger charge is -2.42. The molecule has 5 N–H and O–H groups in total. The fourth-order valence-electron chi connectivity index (χ4n) is 3.78. The van der Waals surface area contributed by atoms with Gasteiger partial charge in [0.05, 0.1) is 31.0 Å². The third-order valence-electron chi connectivity index (χ3n) is 5.20. The molecule has 0 amide bonds. The normalized spacial score (nSPS) is 46.2. The largest absolute Gasteiger partial charge is 0.472 e. The monoisotopic (exact) mass is 328 g/mol. The van der Waals surface area contributed by atoms with Gasteiger partial charge in [0.2, 0.25) is 6.29 Å². The van der Waals surface area contributed by atoms with Gasteiger partial charge in [-0.25, -0.2) is 0 Å². The molecular weight excluding hydrogens is 304 g/mol. The first kappa shape index (κ1) is 16.9. The molecule has 0 aromatic heterocycles. The zero-order chi connectivity index (χ0) is 16.6. The van der Waals surface area contributed by atoms with Gasteiger partial charge >= 0.3 is 0 Å². The van der Waals surface area contributed by atoms with Crippen molar-refractivity contribution in [2.75, 3.05) is 13.2 Å². The Morgan fingerprint density at radius 1 is 1.13 bits per heavy atom. The molecule has 2 aliphatic carbocycles. The zero-order valence-electron chi connectivity index (χ0n) is 12.7. The first-order chi connectivity index (χ1) is 11.1. The first-order valence-electron chi connectivity index (χ1n) is 7.99. The number of allylic oxidation sites excluding steroid dienone is 2. The summed E-state index contributed by atoms with van der Waals surface area (Å²) in [6.45, 7) is -0.379. The second-order valence-electron chi connectivity index (χ2n) is 6.52. The van der Waals surface area contributed by atoms with E-state index in [-0.39, 0.29) is 31.5 Å². The Morgan fingerprint density at radius 2 is 1.91 bits per heavy atom. The summed E-state index contributed by atoms with van der Waals surface area (Å²) < 4.78 is 11.4. The first-order valence-corrected chi connectivity index (χ1v) is 7.99. The number of rotatable bonds is 4. The lowest BCUT2D eigenvalue weighted by molar-refractivity contribution is -0.240. The van der Waals surface area contributed by atoms with Crippen molar-refractivity contribution in [1.29, 1.82) is 0 Å². The maximum absolute atomic E-state index is 10.2. The zero-order valence-corrected chi connectivity index (χ0v) is 12.7. The fraction of sp³-hybridized carbons (Fsp3) is 0.750. The third-order valence-corrected chi connectivity index (χ3v) is 5.20. The predicted molar refractivity (Wildman–Crippen MR) is 78.9 cm³/mol. The maximum atomic E-state index is 10.2. The van der Waals surface area contributed by atoms with Gasteiger partial charge in [0, 0.05) is 12.5 Å². The summed E-state index contributed by atoms with van der Waals surface area (Å²) in [6, 6.07) is 0. The molecule has 3 rings (SSSR count). The fourth-order valence-corrected chi connectivity index (χ4v) is 3.78. The van der Waals surface area contributed by atoms with Crippen LogP contribution in [0.15, 0.2) is 24.0 Å². The van der Waals surface area contributed by atoms with Gasteiger partial charge in [0.1, 0.15) is 12.2 Å². The molecule has 8 atom stereocenters. The molecule has 0 unspecified atom stereocenters. The van der Waals surface area contributed by atoms with Gasteiger partial charge < -0.3 is 35.0 Å². The number of ether oxygens (including phenoxy) is 2. The SMILES string of the molecule is OCC1=CC[C@@H]2C=CO[C@@H](O[C@@H]3C[C@H](CO)[C@@H](O)[C@H](O)[C@H]3O)[C@H]12.